The quantitative estimate of drug-likeness (QED) is 0.0990. The van der Waals surface area contributed by atoms with E-state index >= 15 is 0 Å². The Morgan fingerprint density at radius 2 is 1.45 bits per heavy atom. The fourth-order valence-corrected chi connectivity index (χ4v) is 6.54. The van der Waals surface area contributed by atoms with Crippen LogP contribution in [0.25, 0.3) is 6.08 Å². The van der Waals surface area contributed by atoms with E-state index in [0.29, 0.717) is 32.4 Å². The van der Waals surface area contributed by atoms with Crippen LogP contribution >= 0.6 is 35.0 Å². The van der Waals surface area contributed by atoms with E-state index in [1.807, 2.05) is 42.5 Å². The van der Waals surface area contributed by atoms with Gasteiger partial charge >= 0.3 is 0 Å². The highest BCUT2D eigenvalue weighted by Crippen LogP contribution is 2.37. The van der Waals surface area contributed by atoms with Gasteiger partial charge in [0.1, 0.15) is 16.8 Å². The molecule has 5 aromatic rings. The van der Waals surface area contributed by atoms with Gasteiger partial charge in [-0.3, -0.25) is 19.2 Å². The van der Waals surface area contributed by atoms with Gasteiger partial charge in [0.15, 0.2) is 0 Å². The van der Waals surface area contributed by atoms with E-state index < -0.39 is 17.1 Å². The van der Waals surface area contributed by atoms with Gasteiger partial charge < -0.3 is 16.0 Å². The maximum atomic E-state index is 13.8. The number of hydrogen-bond donors (Lipinski definition) is 3. The van der Waals surface area contributed by atoms with E-state index in [-0.39, 0.29) is 34.8 Å². The molecular formula is C39H29Cl2N5O4S. The van der Waals surface area contributed by atoms with Crippen LogP contribution < -0.4 is 21.0 Å². The molecule has 51 heavy (non-hydrogen) atoms. The zero-order chi connectivity index (χ0) is 35.7. The highest BCUT2D eigenvalue weighted by Gasteiger charge is 2.29. The van der Waals surface area contributed by atoms with Gasteiger partial charge in [0.2, 0.25) is 5.91 Å². The van der Waals surface area contributed by atoms with Gasteiger partial charge in [0.05, 0.1) is 22.2 Å². The van der Waals surface area contributed by atoms with Gasteiger partial charge in [-0.05, 0) is 65.7 Å². The van der Waals surface area contributed by atoms with Crippen molar-refractivity contribution in [3.05, 3.63) is 166 Å². The number of rotatable bonds is 10. The van der Waals surface area contributed by atoms with Crippen LogP contribution in [0.2, 0.25) is 10.0 Å². The molecule has 1 aliphatic rings. The number of amidine groups is 1. The molecule has 1 heterocycles. The number of nitrogens with one attached hydrogen (secondary N) is 3. The van der Waals surface area contributed by atoms with E-state index in [0.717, 1.165) is 5.56 Å². The summed E-state index contributed by atoms with van der Waals surface area (Å²) in [6.07, 6.45) is 1.40. The van der Waals surface area contributed by atoms with Crippen LogP contribution in [0.5, 0.6) is 0 Å². The van der Waals surface area contributed by atoms with Crippen molar-refractivity contribution in [3.63, 3.8) is 0 Å². The van der Waals surface area contributed by atoms with Crippen LogP contribution in [0.15, 0.2) is 149 Å². The molecule has 0 fully saturated rings. The van der Waals surface area contributed by atoms with Gasteiger partial charge in [-0.1, -0.05) is 108 Å². The zero-order valence-electron chi connectivity index (χ0n) is 26.8. The number of carbonyl (C=O) groups excluding carboxylic acids is 4. The Hall–Kier alpha value is -5.68. The van der Waals surface area contributed by atoms with Crippen LogP contribution in [0.3, 0.4) is 0 Å². The zero-order valence-corrected chi connectivity index (χ0v) is 29.1. The van der Waals surface area contributed by atoms with E-state index in [1.54, 1.807) is 91.0 Å². The van der Waals surface area contributed by atoms with Gasteiger partial charge in [-0.25, -0.2) is 0 Å². The number of hydrazone groups is 1. The summed E-state index contributed by atoms with van der Waals surface area (Å²) in [6.45, 7) is 0. The molecule has 254 valence electrons. The molecule has 9 nitrogen and oxygen atoms in total. The minimum absolute atomic E-state index is 0.0502. The molecule has 0 spiro atoms. The average molecular weight is 735 g/mol. The van der Waals surface area contributed by atoms with Crippen molar-refractivity contribution in [2.24, 2.45) is 5.10 Å². The fraction of sp³-hybridized carbons (Fsp3) is 0.0513. The van der Waals surface area contributed by atoms with Crippen molar-refractivity contribution in [1.82, 2.24) is 10.6 Å². The molecule has 0 aliphatic carbocycles. The molecule has 12 heteroatoms. The standard InChI is InChI=1S/C39H29Cl2N5O4S/c40-31-21-10-16-27(35(31)41)22-32(43-37(48)26-14-6-2-7-15-26)38(49)42-28-17-11-20-30(23-28)51-36(25-12-4-1-5-13-25)39(50)44-33-24-34(47)46(45-33)29-18-8-3-9-19-29/h1-23,36H,24H2,(H,42,49)(H,43,48)(H,44,45,50)/b32-22+. The first kappa shape index (κ1) is 35.2. The Balaban J connectivity index is 1.22. The van der Waals surface area contributed by atoms with Crippen LogP contribution in [0.1, 0.15) is 33.2 Å². The monoisotopic (exact) mass is 733 g/mol. The molecule has 1 unspecified atom stereocenters. The maximum absolute atomic E-state index is 13.8. The van der Waals surface area contributed by atoms with Crippen LogP contribution in [0.4, 0.5) is 11.4 Å². The maximum Gasteiger partial charge on any atom is 0.272 e. The van der Waals surface area contributed by atoms with Gasteiger partial charge in [0.25, 0.3) is 17.7 Å². The molecule has 4 amide bonds. The number of anilines is 2. The third kappa shape index (κ3) is 8.92. The molecule has 0 bridgehead atoms. The summed E-state index contributed by atoms with van der Waals surface area (Å²) in [5, 5.41) is 13.8. The van der Waals surface area contributed by atoms with Gasteiger partial charge in [-0.15, -0.1) is 11.8 Å². The topological polar surface area (TPSA) is 120 Å². The average Bonchev–Trinajstić information content (AvgIpc) is 3.52. The van der Waals surface area contributed by atoms with Gasteiger partial charge in [0, 0.05) is 16.1 Å². The SMILES string of the molecule is O=C(Nc1cccc(SC(C(=O)NC2=NN(c3ccccc3)C(=O)C2)c2ccccc2)c1)/C(=C\c1cccc(Cl)c1Cl)NC(=O)c1ccccc1. The molecule has 5 aromatic carbocycles. The lowest BCUT2D eigenvalue weighted by atomic mass is 10.1. The summed E-state index contributed by atoms with van der Waals surface area (Å²) in [7, 11) is 0. The molecule has 0 aromatic heterocycles. The van der Waals surface area contributed by atoms with Gasteiger partial charge in [-0.2, -0.15) is 10.1 Å². The van der Waals surface area contributed by atoms with Crippen molar-refractivity contribution in [1.29, 1.82) is 0 Å². The minimum Gasteiger partial charge on any atom is -0.321 e. The minimum atomic E-state index is -0.730. The lowest BCUT2D eigenvalue weighted by molar-refractivity contribution is -0.119. The molecule has 0 saturated heterocycles. The first-order chi connectivity index (χ1) is 24.7. The first-order valence-corrected chi connectivity index (χ1v) is 17.3. The molecular weight excluding hydrogens is 705 g/mol. The molecule has 0 radical (unpaired) electrons. The van der Waals surface area contributed by atoms with Crippen molar-refractivity contribution in [2.75, 3.05) is 10.3 Å². The summed E-state index contributed by atoms with van der Waals surface area (Å²) in [4.78, 5) is 54.0. The summed E-state index contributed by atoms with van der Waals surface area (Å²) >= 11 is 13.9. The second-order valence-corrected chi connectivity index (χ2v) is 13.1. The number of para-hydroxylation sites is 1. The number of benzene rings is 5. The highest BCUT2D eigenvalue weighted by atomic mass is 35.5. The fourth-order valence-electron chi connectivity index (χ4n) is 5.09. The number of amides is 4. The van der Waals surface area contributed by atoms with E-state index in [9.17, 15) is 19.2 Å². The number of thioether (sulfide) groups is 1. The van der Waals surface area contributed by atoms with Crippen LogP contribution in [-0.4, -0.2) is 29.5 Å². The van der Waals surface area contributed by atoms with Crippen LogP contribution in [-0.2, 0) is 14.4 Å². The number of halogens is 2. The summed E-state index contributed by atoms with van der Waals surface area (Å²) in [6, 6.07) is 38.7. The Morgan fingerprint density at radius 3 is 2.18 bits per heavy atom. The van der Waals surface area contributed by atoms with Crippen LogP contribution in [0, 0.1) is 0 Å². The second-order valence-electron chi connectivity index (χ2n) is 11.2. The number of carbonyl (C=O) groups is 4. The van der Waals surface area contributed by atoms with Crippen molar-refractivity contribution in [3.8, 4) is 0 Å². The molecule has 6 rings (SSSR count). The third-order valence-electron chi connectivity index (χ3n) is 7.54. The first-order valence-electron chi connectivity index (χ1n) is 15.7. The van der Waals surface area contributed by atoms with Crippen molar-refractivity contribution >= 4 is 81.9 Å². The Kier molecular flexibility index (Phi) is 11.3. The number of nitrogens with zero attached hydrogens (tertiary/aromatic N) is 2. The third-order valence-corrected chi connectivity index (χ3v) is 9.62. The smallest absolute Gasteiger partial charge is 0.272 e. The van der Waals surface area contributed by atoms with E-state index in [1.165, 1.54) is 22.8 Å². The molecule has 3 N–H and O–H groups in total. The Bertz CT molecular complexity index is 2150. The summed E-state index contributed by atoms with van der Waals surface area (Å²) < 4.78 is 0. The molecule has 0 saturated carbocycles. The van der Waals surface area contributed by atoms with Crippen molar-refractivity contribution < 1.29 is 19.2 Å². The normalized spacial score (nSPS) is 13.3. The lowest BCUT2D eigenvalue weighted by Gasteiger charge is -2.17. The second kappa shape index (κ2) is 16.4. The van der Waals surface area contributed by atoms with E-state index in [4.69, 9.17) is 23.2 Å². The predicted molar refractivity (Wildman–Crippen MR) is 203 cm³/mol. The Labute approximate surface area is 308 Å². The Morgan fingerprint density at radius 1 is 0.784 bits per heavy atom. The molecule has 1 aliphatic heterocycles. The summed E-state index contributed by atoms with van der Waals surface area (Å²) in [5.74, 6) is -1.48. The lowest BCUT2D eigenvalue weighted by Crippen LogP contribution is -2.33. The predicted octanol–water partition coefficient (Wildman–Crippen LogP) is 8.10. The highest BCUT2D eigenvalue weighted by molar-refractivity contribution is 8.00. The summed E-state index contributed by atoms with van der Waals surface area (Å²) in [5.41, 5.74) is 2.48. The number of hydrogen-bond acceptors (Lipinski definition) is 6. The van der Waals surface area contributed by atoms with Crippen molar-refractivity contribution in [2.45, 2.75) is 16.6 Å². The molecule has 1 atom stereocenters. The largest absolute Gasteiger partial charge is 0.321 e. The van der Waals surface area contributed by atoms with E-state index in [2.05, 4.69) is 21.1 Å².